The van der Waals surface area contributed by atoms with Gasteiger partial charge >= 0.3 is 17.9 Å². The van der Waals surface area contributed by atoms with Crippen LogP contribution in [0, 0.1) is 0 Å². The SMILES string of the molecule is CC/C=C\C/C=C\C/C=C\C/C=C\C/C=C\C/C=C\CCCCCCCCCCC(=O)OCC(COC(=O)CCCCCCC/C=C\C/C=C\C/C=C\CC)OC(=O)CCCCCCCCCCCCCCCCCCCCC. The standard InChI is InChI=1S/C73H124O6/c1-4-7-10-13-16-19-22-25-28-30-32-33-34-35-36-37-38-39-41-42-45-48-51-54-57-60-63-66-72(75)78-69-70(68-77-71(74)65-62-59-56-53-50-47-44-27-24-21-18-15-12-9-6-3)79-73(76)67-64-61-58-55-52-49-46-43-40-31-29-26-23-20-17-14-11-8-5-2/h7,9-10,12,16,18-19,21,25,27-28,32-33,35-36,38-39,44,70H,4-6,8,11,13-15,17,20,22-24,26,29-31,34,37,40-43,45-69H2,1-3H3/b10-7-,12-9-,19-16-,21-18-,28-25-,33-32-,36-35-,39-38-,44-27-. The zero-order valence-corrected chi connectivity index (χ0v) is 51.9. The van der Waals surface area contributed by atoms with Gasteiger partial charge in [-0.1, -0.05) is 304 Å². The Labute approximate surface area is 489 Å². The van der Waals surface area contributed by atoms with Crippen LogP contribution in [0.4, 0.5) is 0 Å². The van der Waals surface area contributed by atoms with Crippen LogP contribution in [0.5, 0.6) is 0 Å². The van der Waals surface area contributed by atoms with Crippen LogP contribution in [0.2, 0.25) is 0 Å². The second-order valence-electron chi connectivity index (χ2n) is 22.0. The summed E-state index contributed by atoms with van der Waals surface area (Å²) in [5.74, 6) is -0.899. The first-order chi connectivity index (χ1) is 39.0. The summed E-state index contributed by atoms with van der Waals surface area (Å²) in [6, 6.07) is 0. The lowest BCUT2D eigenvalue weighted by Crippen LogP contribution is -2.30. The smallest absolute Gasteiger partial charge is 0.306 e. The summed E-state index contributed by atoms with van der Waals surface area (Å²) in [7, 11) is 0. The lowest BCUT2D eigenvalue weighted by Gasteiger charge is -2.18. The lowest BCUT2D eigenvalue weighted by atomic mass is 10.0. The second-order valence-corrected chi connectivity index (χ2v) is 22.0. The van der Waals surface area contributed by atoms with Crippen LogP contribution in [0.15, 0.2) is 109 Å². The van der Waals surface area contributed by atoms with Crippen molar-refractivity contribution in [3.63, 3.8) is 0 Å². The molecule has 0 aliphatic carbocycles. The summed E-state index contributed by atoms with van der Waals surface area (Å²) in [5, 5.41) is 0. The fraction of sp³-hybridized carbons (Fsp3) is 0.712. The normalized spacial score (nSPS) is 12.8. The minimum Gasteiger partial charge on any atom is -0.462 e. The van der Waals surface area contributed by atoms with Gasteiger partial charge in [0.25, 0.3) is 0 Å². The fourth-order valence-electron chi connectivity index (χ4n) is 9.35. The molecular weight excluding hydrogens is 973 g/mol. The van der Waals surface area contributed by atoms with E-state index in [0.29, 0.717) is 19.3 Å². The minimum absolute atomic E-state index is 0.0867. The van der Waals surface area contributed by atoms with E-state index in [1.807, 2.05) is 0 Å². The molecular formula is C73H124O6. The second kappa shape index (κ2) is 66.6. The molecule has 0 fully saturated rings. The molecule has 0 saturated carbocycles. The Kier molecular flexibility index (Phi) is 63.3. The topological polar surface area (TPSA) is 78.9 Å². The summed E-state index contributed by atoms with van der Waals surface area (Å²) < 4.78 is 16.9. The van der Waals surface area contributed by atoms with E-state index in [-0.39, 0.29) is 31.1 Å². The third-order valence-corrected chi connectivity index (χ3v) is 14.3. The maximum Gasteiger partial charge on any atom is 0.306 e. The number of hydrogen-bond donors (Lipinski definition) is 0. The molecule has 0 aromatic heterocycles. The largest absolute Gasteiger partial charge is 0.462 e. The molecule has 0 aromatic carbocycles. The Morgan fingerprint density at radius 3 is 0.772 bits per heavy atom. The van der Waals surface area contributed by atoms with Gasteiger partial charge in [0.2, 0.25) is 0 Å². The van der Waals surface area contributed by atoms with Crippen molar-refractivity contribution in [2.75, 3.05) is 13.2 Å². The van der Waals surface area contributed by atoms with Gasteiger partial charge in [-0.05, 0) is 103 Å². The summed E-state index contributed by atoms with van der Waals surface area (Å²) in [5.41, 5.74) is 0. The highest BCUT2D eigenvalue weighted by molar-refractivity contribution is 5.71. The Morgan fingerprint density at radius 1 is 0.266 bits per heavy atom. The average Bonchev–Trinajstić information content (AvgIpc) is 3.45. The molecule has 0 aromatic rings. The van der Waals surface area contributed by atoms with Gasteiger partial charge in [0.15, 0.2) is 6.10 Å². The van der Waals surface area contributed by atoms with Crippen LogP contribution in [0.25, 0.3) is 0 Å². The van der Waals surface area contributed by atoms with Crippen molar-refractivity contribution < 1.29 is 28.6 Å². The van der Waals surface area contributed by atoms with Gasteiger partial charge < -0.3 is 14.2 Å². The van der Waals surface area contributed by atoms with E-state index in [1.54, 1.807) is 0 Å². The van der Waals surface area contributed by atoms with Crippen molar-refractivity contribution in [2.45, 2.75) is 322 Å². The van der Waals surface area contributed by atoms with E-state index in [1.165, 1.54) is 135 Å². The van der Waals surface area contributed by atoms with Gasteiger partial charge in [0.05, 0.1) is 0 Å². The average molecular weight is 1100 g/mol. The number of ether oxygens (including phenoxy) is 3. The first-order valence-electron chi connectivity index (χ1n) is 33.4. The number of carbonyl (C=O) groups is 3. The monoisotopic (exact) mass is 1100 g/mol. The van der Waals surface area contributed by atoms with Gasteiger partial charge in [-0.2, -0.15) is 0 Å². The van der Waals surface area contributed by atoms with Crippen LogP contribution in [0.1, 0.15) is 316 Å². The van der Waals surface area contributed by atoms with Crippen molar-refractivity contribution in [3.05, 3.63) is 109 Å². The van der Waals surface area contributed by atoms with E-state index in [0.717, 1.165) is 141 Å². The third kappa shape index (κ3) is 64.8. The Balaban J connectivity index is 4.36. The maximum atomic E-state index is 12.9. The summed E-state index contributed by atoms with van der Waals surface area (Å²) in [6.07, 6.45) is 91.0. The molecule has 6 nitrogen and oxygen atoms in total. The van der Waals surface area contributed by atoms with E-state index >= 15 is 0 Å². The van der Waals surface area contributed by atoms with E-state index in [4.69, 9.17) is 14.2 Å². The molecule has 0 rings (SSSR count). The molecule has 0 aliphatic rings. The van der Waals surface area contributed by atoms with Crippen LogP contribution < -0.4 is 0 Å². The van der Waals surface area contributed by atoms with Crippen molar-refractivity contribution in [1.29, 1.82) is 0 Å². The van der Waals surface area contributed by atoms with Gasteiger partial charge in [0.1, 0.15) is 13.2 Å². The highest BCUT2D eigenvalue weighted by Gasteiger charge is 2.19. The number of rotatable bonds is 60. The summed E-state index contributed by atoms with van der Waals surface area (Å²) in [6.45, 7) is 6.43. The van der Waals surface area contributed by atoms with Crippen molar-refractivity contribution in [1.82, 2.24) is 0 Å². The number of unbranched alkanes of at least 4 members (excludes halogenated alkanes) is 31. The molecule has 0 aliphatic heterocycles. The van der Waals surface area contributed by atoms with Gasteiger partial charge in [-0.25, -0.2) is 0 Å². The highest BCUT2D eigenvalue weighted by Crippen LogP contribution is 2.17. The fourth-order valence-corrected chi connectivity index (χ4v) is 9.35. The molecule has 0 spiro atoms. The number of allylic oxidation sites excluding steroid dienone is 18. The molecule has 0 N–H and O–H groups in total. The van der Waals surface area contributed by atoms with E-state index in [9.17, 15) is 14.4 Å². The third-order valence-electron chi connectivity index (χ3n) is 14.3. The molecule has 0 bridgehead atoms. The van der Waals surface area contributed by atoms with Crippen molar-refractivity contribution in [2.24, 2.45) is 0 Å². The Bertz CT molecular complexity index is 1590. The number of carbonyl (C=O) groups excluding carboxylic acids is 3. The number of hydrogen-bond acceptors (Lipinski definition) is 6. The predicted octanol–water partition coefficient (Wildman–Crippen LogP) is 23.0. The zero-order chi connectivity index (χ0) is 57.1. The van der Waals surface area contributed by atoms with E-state index in [2.05, 4.69) is 130 Å². The molecule has 1 unspecified atom stereocenters. The molecule has 0 radical (unpaired) electrons. The quantitative estimate of drug-likeness (QED) is 0.0261. The van der Waals surface area contributed by atoms with Crippen LogP contribution >= 0.6 is 0 Å². The molecule has 0 heterocycles. The molecule has 452 valence electrons. The zero-order valence-electron chi connectivity index (χ0n) is 51.9. The first-order valence-corrected chi connectivity index (χ1v) is 33.4. The Morgan fingerprint density at radius 2 is 0.494 bits per heavy atom. The molecule has 79 heavy (non-hydrogen) atoms. The highest BCUT2D eigenvalue weighted by atomic mass is 16.6. The molecule has 0 saturated heterocycles. The summed E-state index contributed by atoms with van der Waals surface area (Å²) in [4.78, 5) is 38.4. The maximum absolute atomic E-state index is 12.9. The van der Waals surface area contributed by atoms with Crippen LogP contribution in [0.3, 0.4) is 0 Å². The molecule has 0 amide bonds. The Hall–Kier alpha value is -3.93. The van der Waals surface area contributed by atoms with E-state index < -0.39 is 6.10 Å². The van der Waals surface area contributed by atoms with Crippen LogP contribution in [-0.2, 0) is 28.6 Å². The molecule has 1 atom stereocenters. The van der Waals surface area contributed by atoms with Crippen molar-refractivity contribution >= 4 is 17.9 Å². The molecule has 6 heteroatoms. The lowest BCUT2D eigenvalue weighted by molar-refractivity contribution is -0.167. The first kappa shape index (κ1) is 75.1. The number of esters is 3. The van der Waals surface area contributed by atoms with Crippen molar-refractivity contribution in [3.8, 4) is 0 Å². The van der Waals surface area contributed by atoms with Crippen LogP contribution in [-0.4, -0.2) is 37.2 Å². The van der Waals surface area contributed by atoms with Gasteiger partial charge in [-0.3, -0.25) is 14.4 Å². The van der Waals surface area contributed by atoms with Gasteiger partial charge in [-0.15, -0.1) is 0 Å². The predicted molar refractivity (Wildman–Crippen MR) is 343 cm³/mol. The van der Waals surface area contributed by atoms with Gasteiger partial charge in [0, 0.05) is 19.3 Å². The summed E-state index contributed by atoms with van der Waals surface area (Å²) >= 11 is 0. The minimum atomic E-state index is -0.790.